The number of aryl methyl sites for hydroxylation is 1. The lowest BCUT2D eigenvalue weighted by molar-refractivity contribution is -0.274. The van der Waals surface area contributed by atoms with Gasteiger partial charge in [0.2, 0.25) is 9.84 Å². The van der Waals surface area contributed by atoms with Crippen molar-refractivity contribution < 1.29 is 31.4 Å². The van der Waals surface area contributed by atoms with Gasteiger partial charge in [0.1, 0.15) is 22.5 Å². The van der Waals surface area contributed by atoms with Crippen LogP contribution >= 0.6 is 0 Å². The molecule has 0 radical (unpaired) electrons. The number of alkyl halides is 3. The molecule has 0 aliphatic rings. The lowest BCUT2D eigenvalue weighted by atomic mass is 9.84. The maximum Gasteiger partial charge on any atom is 0.573 e. The second kappa shape index (κ2) is 8.03. The lowest BCUT2D eigenvalue weighted by Crippen LogP contribution is -2.17. The van der Waals surface area contributed by atoms with Crippen LogP contribution in [0.1, 0.15) is 37.5 Å². The Bertz CT molecular complexity index is 1120. The van der Waals surface area contributed by atoms with Crippen LogP contribution in [-0.4, -0.2) is 19.9 Å². The van der Waals surface area contributed by atoms with Crippen molar-refractivity contribution in [1.82, 2.24) is 0 Å². The summed E-state index contributed by atoms with van der Waals surface area (Å²) in [5.74, 6) is -0.491. The molecule has 160 valence electrons. The zero-order valence-electron chi connectivity index (χ0n) is 16.7. The molecule has 30 heavy (non-hydrogen) atoms. The Morgan fingerprint density at radius 3 is 2.17 bits per heavy atom. The number of phenols is 1. The largest absolute Gasteiger partial charge is 0.573 e. The van der Waals surface area contributed by atoms with Crippen LogP contribution < -0.4 is 4.74 Å². The zero-order chi connectivity index (χ0) is 22.9. The lowest BCUT2D eigenvalue weighted by Gasteiger charge is -2.22. The van der Waals surface area contributed by atoms with Crippen molar-refractivity contribution in [1.29, 1.82) is 5.26 Å². The van der Waals surface area contributed by atoms with Crippen molar-refractivity contribution in [3.63, 3.8) is 0 Å². The van der Waals surface area contributed by atoms with Crippen molar-refractivity contribution in [3.05, 3.63) is 58.0 Å². The maximum atomic E-state index is 12.8. The summed E-state index contributed by atoms with van der Waals surface area (Å²) < 4.78 is 66.1. The average Bonchev–Trinajstić information content (AvgIpc) is 2.60. The van der Waals surface area contributed by atoms with Gasteiger partial charge in [0.05, 0.1) is 4.90 Å². The van der Waals surface area contributed by atoms with Gasteiger partial charge < -0.3 is 9.84 Å². The fourth-order valence-corrected chi connectivity index (χ4v) is 3.89. The van der Waals surface area contributed by atoms with Gasteiger partial charge >= 0.3 is 6.36 Å². The monoisotopic (exact) mass is 439 g/mol. The summed E-state index contributed by atoms with van der Waals surface area (Å²) in [7, 11) is -4.28. The van der Waals surface area contributed by atoms with E-state index in [1.807, 2.05) is 20.8 Å². The molecule has 0 unspecified atom stereocenters. The number of halogens is 3. The molecule has 0 fully saturated rings. The fourth-order valence-electron chi connectivity index (χ4n) is 2.73. The number of hydrogen-bond acceptors (Lipinski definition) is 5. The van der Waals surface area contributed by atoms with Crippen molar-refractivity contribution in [2.24, 2.45) is 0 Å². The normalized spacial score (nSPS) is 13.1. The van der Waals surface area contributed by atoms with Gasteiger partial charge in [0, 0.05) is 5.56 Å². The predicted octanol–water partition coefficient (Wildman–Crippen LogP) is 5.24. The van der Waals surface area contributed by atoms with Crippen LogP contribution in [0.2, 0.25) is 0 Å². The van der Waals surface area contributed by atoms with E-state index >= 15 is 0 Å². The van der Waals surface area contributed by atoms with Gasteiger partial charge in [-0.05, 0) is 65.9 Å². The van der Waals surface area contributed by atoms with Gasteiger partial charge in [0.15, 0.2) is 0 Å². The number of phenolic OH excluding ortho intramolecular Hbond substituents is 1. The standard InChI is InChI=1S/C21H20F3NO4S/c1-13-9-14(11-18(19(13)26)20(2,3)4)10-17(12-25)30(27,28)16-7-5-15(6-8-16)29-21(22,23)24/h5-11,26H,1-4H3. The Morgan fingerprint density at radius 2 is 1.70 bits per heavy atom. The summed E-state index contributed by atoms with van der Waals surface area (Å²) in [5.41, 5.74) is 1.06. The van der Waals surface area contributed by atoms with Crippen LogP contribution in [-0.2, 0) is 15.3 Å². The Morgan fingerprint density at radius 1 is 1.13 bits per heavy atom. The van der Waals surface area contributed by atoms with E-state index in [0.717, 1.165) is 30.3 Å². The number of rotatable bonds is 4. The first kappa shape index (κ1) is 23.3. The first-order chi connectivity index (χ1) is 13.6. The molecule has 0 aliphatic heterocycles. The molecule has 0 amide bonds. The Kier molecular flexibility index (Phi) is 6.23. The number of allylic oxidation sites excluding steroid dienone is 1. The minimum absolute atomic E-state index is 0.0845. The molecule has 0 aromatic heterocycles. The minimum atomic E-state index is -4.90. The summed E-state index contributed by atoms with van der Waals surface area (Å²) in [5, 5.41) is 19.7. The second-order valence-electron chi connectivity index (χ2n) is 7.63. The molecule has 1 N–H and O–H groups in total. The molecule has 9 heteroatoms. The van der Waals surface area contributed by atoms with E-state index in [0.29, 0.717) is 16.7 Å². The van der Waals surface area contributed by atoms with E-state index in [1.54, 1.807) is 19.1 Å². The quantitative estimate of drug-likeness (QED) is 0.659. The molecule has 0 saturated carbocycles. The molecular weight excluding hydrogens is 419 g/mol. The summed E-state index contributed by atoms with van der Waals surface area (Å²) in [6, 6.07) is 8.35. The number of ether oxygens (including phenoxy) is 1. The van der Waals surface area contributed by atoms with Gasteiger partial charge in [0.25, 0.3) is 0 Å². The van der Waals surface area contributed by atoms with E-state index < -0.39 is 32.3 Å². The first-order valence-electron chi connectivity index (χ1n) is 8.72. The van der Waals surface area contributed by atoms with Crippen molar-refractivity contribution in [3.8, 4) is 17.6 Å². The van der Waals surface area contributed by atoms with Crippen molar-refractivity contribution in [2.75, 3.05) is 0 Å². The van der Waals surface area contributed by atoms with Gasteiger partial charge in [-0.1, -0.05) is 20.8 Å². The Hall–Kier alpha value is -2.99. The SMILES string of the molecule is Cc1cc(C=C(C#N)S(=O)(=O)c2ccc(OC(F)(F)F)cc2)cc(C(C)(C)C)c1O. The summed E-state index contributed by atoms with van der Waals surface area (Å²) >= 11 is 0. The molecule has 0 atom stereocenters. The molecule has 5 nitrogen and oxygen atoms in total. The summed E-state index contributed by atoms with van der Waals surface area (Å²) in [6.07, 6.45) is -3.74. The van der Waals surface area contributed by atoms with Crippen molar-refractivity contribution >= 4 is 15.9 Å². The molecular formula is C21H20F3NO4S. The first-order valence-corrected chi connectivity index (χ1v) is 10.2. The number of sulfone groups is 1. The van der Waals surface area contributed by atoms with Gasteiger partial charge in [-0.15, -0.1) is 13.2 Å². The van der Waals surface area contributed by atoms with E-state index in [2.05, 4.69) is 4.74 Å². The number of aromatic hydroxyl groups is 1. The average molecular weight is 439 g/mol. The van der Waals surface area contributed by atoms with Crippen LogP contribution in [0.25, 0.3) is 6.08 Å². The van der Waals surface area contributed by atoms with E-state index in [-0.39, 0.29) is 10.6 Å². The minimum Gasteiger partial charge on any atom is -0.507 e. The highest BCUT2D eigenvalue weighted by Crippen LogP contribution is 2.35. The maximum absolute atomic E-state index is 12.8. The Labute approximate surface area is 173 Å². The van der Waals surface area contributed by atoms with Gasteiger partial charge in [-0.2, -0.15) is 5.26 Å². The molecule has 0 heterocycles. The van der Waals surface area contributed by atoms with Crippen molar-refractivity contribution in [2.45, 2.75) is 44.4 Å². The smallest absolute Gasteiger partial charge is 0.507 e. The Balaban J connectivity index is 2.50. The second-order valence-corrected chi connectivity index (χ2v) is 9.55. The number of benzene rings is 2. The molecule has 0 spiro atoms. The third-order valence-electron chi connectivity index (χ3n) is 4.20. The highest BCUT2D eigenvalue weighted by molar-refractivity contribution is 7.95. The third kappa shape index (κ3) is 5.33. The topological polar surface area (TPSA) is 87.4 Å². The molecule has 2 rings (SSSR count). The van der Waals surface area contributed by atoms with Crippen LogP contribution in [0, 0.1) is 18.3 Å². The number of hydrogen-bond donors (Lipinski definition) is 1. The highest BCUT2D eigenvalue weighted by Gasteiger charge is 2.31. The van der Waals surface area contributed by atoms with Crippen LogP contribution in [0.5, 0.6) is 11.5 Å². The predicted molar refractivity (Wildman–Crippen MR) is 105 cm³/mol. The molecule has 0 bridgehead atoms. The van der Waals surface area contributed by atoms with E-state index in [9.17, 15) is 32.0 Å². The molecule has 0 saturated heterocycles. The molecule has 2 aromatic carbocycles. The number of nitrogens with zero attached hydrogens (tertiary/aromatic N) is 1. The highest BCUT2D eigenvalue weighted by atomic mass is 32.2. The molecule has 0 aliphatic carbocycles. The number of nitriles is 1. The van der Waals surface area contributed by atoms with Gasteiger partial charge in [-0.3, -0.25) is 0 Å². The van der Waals surface area contributed by atoms with Gasteiger partial charge in [-0.25, -0.2) is 8.42 Å². The zero-order valence-corrected chi connectivity index (χ0v) is 17.5. The summed E-state index contributed by atoms with van der Waals surface area (Å²) in [6.45, 7) is 7.28. The van der Waals surface area contributed by atoms with E-state index in [1.165, 1.54) is 6.07 Å². The van der Waals surface area contributed by atoms with Crippen LogP contribution in [0.4, 0.5) is 13.2 Å². The summed E-state index contributed by atoms with van der Waals surface area (Å²) in [4.78, 5) is -0.937. The third-order valence-corrected chi connectivity index (χ3v) is 5.88. The van der Waals surface area contributed by atoms with Crippen LogP contribution in [0.3, 0.4) is 0 Å². The molecule has 2 aromatic rings. The van der Waals surface area contributed by atoms with E-state index in [4.69, 9.17) is 0 Å². The fraction of sp³-hybridized carbons (Fsp3) is 0.286. The van der Waals surface area contributed by atoms with Crippen LogP contribution in [0.15, 0.2) is 46.2 Å².